The number of hydrogen-bond acceptors (Lipinski definition) is 4. The molecule has 2 N–H and O–H groups in total. The first-order chi connectivity index (χ1) is 14.0. The van der Waals surface area contributed by atoms with Gasteiger partial charge in [0, 0.05) is 35.2 Å². The molecule has 1 amide bonds. The van der Waals surface area contributed by atoms with E-state index in [1.807, 2.05) is 0 Å². The third-order valence-corrected chi connectivity index (χ3v) is 4.74. The molecule has 5 nitrogen and oxygen atoms in total. The predicted molar refractivity (Wildman–Crippen MR) is 104 cm³/mol. The van der Waals surface area contributed by atoms with Crippen LogP contribution < -0.4 is 5.32 Å². The monoisotopic (exact) mass is 420 g/mol. The number of aliphatic hydroxyl groups excluding tert-OH is 1. The Morgan fingerprint density at radius 1 is 1.21 bits per heavy atom. The van der Waals surface area contributed by atoms with E-state index in [2.05, 4.69) is 10.3 Å². The highest BCUT2D eigenvalue weighted by Crippen LogP contribution is 2.22. The molecule has 0 saturated heterocycles. The lowest BCUT2D eigenvalue weighted by molar-refractivity contribution is -0.120. The van der Waals surface area contributed by atoms with Crippen LogP contribution in [0.3, 0.4) is 0 Å². The molecule has 0 aliphatic carbocycles. The molecule has 3 aromatic rings. The van der Waals surface area contributed by atoms with Crippen molar-refractivity contribution in [2.45, 2.75) is 12.8 Å². The summed E-state index contributed by atoms with van der Waals surface area (Å²) >= 11 is 6.01. The smallest absolute Gasteiger partial charge is 0.226 e. The molecule has 1 atom stereocenters. The van der Waals surface area contributed by atoms with Gasteiger partial charge in [0.05, 0.1) is 12.1 Å². The van der Waals surface area contributed by atoms with E-state index in [-0.39, 0.29) is 54.5 Å². The molecule has 0 aliphatic heterocycles. The number of carbonyl (C=O) groups is 1. The van der Waals surface area contributed by atoms with E-state index < -0.39 is 5.82 Å². The molecule has 3 rings (SSSR count). The van der Waals surface area contributed by atoms with Crippen LogP contribution in [0.25, 0.3) is 11.5 Å². The average Bonchev–Trinajstić information content (AvgIpc) is 3.16. The molecule has 1 unspecified atom stereocenters. The molecule has 0 radical (unpaired) electrons. The number of hydrogen-bond donors (Lipinski definition) is 2. The highest BCUT2D eigenvalue weighted by Gasteiger charge is 2.16. The van der Waals surface area contributed by atoms with Gasteiger partial charge in [-0.15, -0.1) is 0 Å². The van der Waals surface area contributed by atoms with Crippen molar-refractivity contribution in [3.8, 4) is 11.5 Å². The minimum absolute atomic E-state index is 0.0245. The second kappa shape index (κ2) is 9.62. The summed E-state index contributed by atoms with van der Waals surface area (Å²) in [7, 11) is 0. The summed E-state index contributed by atoms with van der Waals surface area (Å²) in [6.07, 6.45) is 1.53. The molecule has 1 heterocycles. The number of aliphatic hydroxyl groups is 1. The highest BCUT2D eigenvalue weighted by molar-refractivity contribution is 6.31. The van der Waals surface area contributed by atoms with Gasteiger partial charge in [-0.05, 0) is 42.8 Å². The zero-order chi connectivity index (χ0) is 20.8. The predicted octanol–water partition coefficient (Wildman–Crippen LogP) is 3.78. The van der Waals surface area contributed by atoms with Crippen LogP contribution in [0.15, 0.2) is 53.1 Å². The minimum atomic E-state index is -0.446. The summed E-state index contributed by atoms with van der Waals surface area (Å²) < 4.78 is 32.2. The van der Waals surface area contributed by atoms with Gasteiger partial charge >= 0.3 is 0 Å². The summed E-state index contributed by atoms with van der Waals surface area (Å²) in [5, 5.41) is 12.5. The minimum Gasteiger partial charge on any atom is -0.444 e. The Bertz CT molecular complexity index is 956. The van der Waals surface area contributed by atoms with Crippen LogP contribution in [-0.4, -0.2) is 29.1 Å². The average molecular weight is 421 g/mol. The van der Waals surface area contributed by atoms with Gasteiger partial charge in [0.1, 0.15) is 17.9 Å². The maximum atomic E-state index is 13.9. The Hall–Kier alpha value is -2.77. The Balaban J connectivity index is 1.54. The molecule has 8 heteroatoms. The first kappa shape index (κ1) is 21.0. The number of aromatic nitrogens is 1. The first-order valence-electron chi connectivity index (χ1n) is 8.97. The maximum absolute atomic E-state index is 13.9. The number of nitrogens with one attached hydrogen (secondary N) is 1. The molecule has 0 saturated carbocycles. The molecular weight excluding hydrogens is 402 g/mol. The summed E-state index contributed by atoms with van der Waals surface area (Å²) in [5.41, 5.74) is 1.32. The van der Waals surface area contributed by atoms with Crippen LogP contribution in [0.4, 0.5) is 8.78 Å². The normalized spacial score (nSPS) is 12.0. The van der Waals surface area contributed by atoms with E-state index in [9.17, 15) is 18.7 Å². The fourth-order valence-corrected chi connectivity index (χ4v) is 3.06. The van der Waals surface area contributed by atoms with Gasteiger partial charge in [0.25, 0.3) is 0 Å². The Morgan fingerprint density at radius 3 is 2.66 bits per heavy atom. The first-order valence-corrected chi connectivity index (χ1v) is 9.35. The molecule has 1 aromatic heterocycles. The van der Waals surface area contributed by atoms with E-state index in [0.29, 0.717) is 16.8 Å². The van der Waals surface area contributed by atoms with Crippen LogP contribution in [0.1, 0.15) is 11.3 Å². The van der Waals surface area contributed by atoms with Crippen LogP contribution in [0, 0.1) is 17.6 Å². The molecule has 0 aliphatic rings. The molecule has 152 valence electrons. The second-order valence-electron chi connectivity index (χ2n) is 6.58. The molecule has 29 heavy (non-hydrogen) atoms. The summed E-state index contributed by atoms with van der Waals surface area (Å²) in [5.74, 6) is -1.23. The van der Waals surface area contributed by atoms with Crippen LogP contribution in [0.2, 0.25) is 5.02 Å². The van der Waals surface area contributed by atoms with E-state index in [0.717, 1.165) is 0 Å². The lowest BCUT2D eigenvalue weighted by Crippen LogP contribution is -2.33. The summed E-state index contributed by atoms with van der Waals surface area (Å²) in [6, 6.07) is 10.0. The van der Waals surface area contributed by atoms with Gasteiger partial charge in [-0.3, -0.25) is 4.79 Å². The zero-order valence-corrected chi connectivity index (χ0v) is 16.1. The molecule has 0 bridgehead atoms. The third-order valence-electron chi connectivity index (χ3n) is 4.39. The van der Waals surface area contributed by atoms with Crippen molar-refractivity contribution < 1.29 is 23.1 Å². The standard InChI is InChI=1S/C21H19ClF2N2O3/c22-18-2-1-3-19(24)17(18)8-13(11-27)10-25-20(28)9-16-12-29-21(26-16)14-4-6-15(23)7-5-14/h1-7,12-13,27H,8-11H2,(H,25,28). The van der Waals surface area contributed by atoms with E-state index in [1.54, 1.807) is 6.07 Å². The fraction of sp³-hybridized carbons (Fsp3) is 0.238. The number of amides is 1. The van der Waals surface area contributed by atoms with Crippen molar-refractivity contribution in [2.75, 3.05) is 13.2 Å². The van der Waals surface area contributed by atoms with Crippen molar-refractivity contribution >= 4 is 17.5 Å². The van der Waals surface area contributed by atoms with Gasteiger partial charge in [0.2, 0.25) is 11.8 Å². The lowest BCUT2D eigenvalue weighted by Gasteiger charge is -2.16. The number of oxazole rings is 1. The van der Waals surface area contributed by atoms with Gasteiger partial charge in [-0.25, -0.2) is 13.8 Å². The van der Waals surface area contributed by atoms with Crippen molar-refractivity contribution in [1.82, 2.24) is 10.3 Å². The Kier molecular flexibility index (Phi) is 6.95. The maximum Gasteiger partial charge on any atom is 0.226 e. The van der Waals surface area contributed by atoms with Crippen LogP contribution in [-0.2, 0) is 17.6 Å². The summed E-state index contributed by atoms with van der Waals surface area (Å²) in [6.45, 7) is -0.0771. The fourth-order valence-electron chi connectivity index (χ4n) is 2.82. The van der Waals surface area contributed by atoms with E-state index in [4.69, 9.17) is 16.0 Å². The van der Waals surface area contributed by atoms with Crippen molar-refractivity contribution in [2.24, 2.45) is 5.92 Å². The molecular formula is C21H19ClF2N2O3. The van der Waals surface area contributed by atoms with Crippen molar-refractivity contribution in [3.63, 3.8) is 0 Å². The lowest BCUT2D eigenvalue weighted by atomic mass is 9.99. The van der Waals surface area contributed by atoms with Crippen molar-refractivity contribution in [3.05, 3.63) is 76.6 Å². The van der Waals surface area contributed by atoms with E-state index in [1.165, 1.54) is 42.7 Å². The van der Waals surface area contributed by atoms with Gasteiger partial charge in [-0.2, -0.15) is 0 Å². The number of rotatable bonds is 8. The number of carbonyl (C=O) groups excluding carboxylic acids is 1. The number of halogens is 3. The Morgan fingerprint density at radius 2 is 1.97 bits per heavy atom. The SMILES string of the molecule is O=C(Cc1coc(-c2ccc(F)cc2)n1)NCC(CO)Cc1c(F)cccc1Cl. The largest absolute Gasteiger partial charge is 0.444 e. The molecule has 0 spiro atoms. The van der Waals surface area contributed by atoms with Gasteiger partial charge in [-0.1, -0.05) is 17.7 Å². The van der Waals surface area contributed by atoms with Crippen LogP contribution in [0.5, 0.6) is 0 Å². The van der Waals surface area contributed by atoms with Gasteiger partial charge < -0.3 is 14.8 Å². The summed E-state index contributed by atoms with van der Waals surface area (Å²) in [4.78, 5) is 16.4. The number of benzene rings is 2. The van der Waals surface area contributed by atoms with E-state index >= 15 is 0 Å². The Labute approximate surface area is 171 Å². The molecule has 2 aromatic carbocycles. The third kappa shape index (κ3) is 5.62. The highest BCUT2D eigenvalue weighted by atomic mass is 35.5. The van der Waals surface area contributed by atoms with Crippen molar-refractivity contribution in [1.29, 1.82) is 0 Å². The van der Waals surface area contributed by atoms with Gasteiger partial charge in [0.15, 0.2) is 0 Å². The van der Waals surface area contributed by atoms with Crippen LogP contribution >= 0.6 is 11.6 Å². The second-order valence-corrected chi connectivity index (χ2v) is 6.99. The molecule has 0 fully saturated rings. The topological polar surface area (TPSA) is 75.4 Å². The quantitative estimate of drug-likeness (QED) is 0.581. The zero-order valence-electron chi connectivity index (χ0n) is 15.4. The number of nitrogens with zero attached hydrogens (tertiary/aromatic N) is 1.